The van der Waals surface area contributed by atoms with Crippen LogP contribution in [0.4, 0.5) is 14.9 Å². The standard InChI is InChI=1S/C30H33FN4O/c31-27-11-9-24(10-12-27)19-25-13-16-34(17-14-25)18-15-29(20-23-5-2-1-3-6-23)35(30(33)36)28-8-4-7-26(21-28)22-32/h1-12,21,25,29H,13-20H2,(H2,33,36)/t29-/m0/s1. The number of anilines is 1. The number of piperidine rings is 1. The molecule has 0 aliphatic carbocycles. The maximum atomic E-state index is 13.2. The molecule has 1 atom stereocenters. The minimum Gasteiger partial charge on any atom is -0.351 e. The van der Waals surface area contributed by atoms with Crippen molar-refractivity contribution in [3.63, 3.8) is 0 Å². The Morgan fingerprint density at radius 2 is 1.75 bits per heavy atom. The summed E-state index contributed by atoms with van der Waals surface area (Å²) >= 11 is 0. The first kappa shape index (κ1) is 25.4. The molecule has 3 aromatic carbocycles. The molecule has 36 heavy (non-hydrogen) atoms. The van der Waals surface area contributed by atoms with Crippen LogP contribution >= 0.6 is 0 Å². The van der Waals surface area contributed by atoms with Crippen LogP contribution in [-0.4, -0.2) is 36.6 Å². The molecular weight excluding hydrogens is 451 g/mol. The lowest BCUT2D eigenvalue weighted by molar-refractivity contribution is 0.178. The number of benzene rings is 3. The summed E-state index contributed by atoms with van der Waals surface area (Å²) in [4.78, 5) is 16.8. The number of hydrogen-bond acceptors (Lipinski definition) is 3. The van der Waals surface area contributed by atoms with E-state index in [2.05, 4.69) is 23.1 Å². The van der Waals surface area contributed by atoms with Gasteiger partial charge in [-0.15, -0.1) is 0 Å². The molecule has 6 heteroatoms. The fraction of sp³-hybridized carbons (Fsp3) is 0.333. The summed E-state index contributed by atoms with van der Waals surface area (Å²) < 4.78 is 13.2. The second-order valence-corrected chi connectivity index (χ2v) is 9.62. The SMILES string of the molecule is N#Cc1cccc(N(C(N)=O)[C@@H](CCN2CCC(Cc3ccc(F)cc3)CC2)Cc2ccccc2)c1. The van der Waals surface area contributed by atoms with E-state index in [4.69, 9.17) is 5.73 Å². The Kier molecular flexibility index (Phi) is 8.70. The second-order valence-electron chi connectivity index (χ2n) is 9.62. The van der Waals surface area contributed by atoms with Gasteiger partial charge in [0, 0.05) is 18.3 Å². The molecule has 1 fully saturated rings. The van der Waals surface area contributed by atoms with Gasteiger partial charge in [-0.3, -0.25) is 4.90 Å². The highest BCUT2D eigenvalue weighted by atomic mass is 19.1. The third kappa shape index (κ3) is 6.93. The Bertz CT molecular complexity index is 1170. The fourth-order valence-corrected chi connectivity index (χ4v) is 5.15. The third-order valence-electron chi connectivity index (χ3n) is 7.09. The van der Waals surface area contributed by atoms with Crippen molar-refractivity contribution in [2.24, 2.45) is 11.7 Å². The summed E-state index contributed by atoms with van der Waals surface area (Å²) in [7, 11) is 0. The van der Waals surface area contributed by atoms with Gasteiger partial charge in [-0.25, -0.2) is 9.18 Å². The van der Waals surface area contributed by atoms with E-state index in [1.807, 2.05) is 36.4 Å². The van der Waals surface area contributed by atoms with Crippen molar-refractivity contribution in [2.45, 2.75) is 38.1 Å². The van der Waals surface area contributed by atoms with Crippen molar-refractivity contribution in [1.29, 1.82) is 5.26 Å². The Morgan fingerprint density at radius 3 is 2.42 bits per heavy atom. The molecule has 0 unspecified atom stereocenters. The maximum absolute atomic E-state index is 13.2. The third-order valence-corrected chi connectivity index (χ3v) is 7.09. The van der Waals surface area contributed by atoms with Crippen LogP contribution in [0.3, 0.4) is 0 Å². The molecule has 1 aliphatic heterocycles. The summed E-state index contributed by atoms with van der Waals surface area (Å²) in [6, 6.07) is 25.6. The van der Waals surface area contributed by atoms with Gasteiger partial charge in [-0.1, -0.05) is 48.5 Å². The molecule has 0 bridgehead atoms. The van der Waals surface area contributed by atoms with Crippen LogP contribution in [-0.2, 0) is 12.8 Å². The van der Waals surface area contributed by atoms with Gasteiger partial charge in [0.2, 0.25) is 0 Å². The van der Waals surface area contributed by atoms with E-state index >= 15 is 0 Å². The first-order chi connectivity index (χ1) is 17.5. The monoisotopic (exact) mass is 484 g/mol. The Morgan fingerprint density at radius 1 is 1.03 bits per heavy atom. The van der Waals surface area contributed by atoms with Crippen LogP contribution in [0.5, 0.6) is 0 Å². The molecule has 3 aromatic rings. The quantitative estimate of drug-likeness (QED) is 0.433. The lowest BCUT2D eigenvalue weighted by atomic mass is 9.90. The molecular formula is C30H33FN4O. The van der Waals surface area contributed by atoms with Gasteiger partial charge in [-0.2, -0.15) is 5.26 Å². The number of nitriles is 1. The zero-order valence-corrected chi connectivity index (χ0v) is 20.5. The van der Waals surface area contributed by atoms with Crippen molar-refractivity contribution in [1.82, 2.24) is 4.90 Å². The average molecular weight is 485 g/mol. The van der Waals surface area contributed by atoms with E-state index in [-0.39, 0.29) is 11.9 Å². The highest BCUT2D eigenvalue weighted by Crippen LogP contribution is 2.25. The predicted molar refractivity (Wildman–Crippen MR) is 141 cm³/mol. The van der Waals surface area contributed by atoms with Crippen molar-refractivity contribution in [2.75, 3.05) is 24.5 Å². The average Bonchev–Trinajstić information content (AvgIpc) is 2.90. The van der Waals surface area contributed by atoms with E-state index < -0.39 is 6.03 Å². The number of urea groups is 1. The van der Waals surface area contributed by atoms with E-state index in [1.54, 1.807) is 23.1 Å². The number of nitrogens with two attached hydrogens (primary N) is 1. The predicted octanol–water partition coefficient (Wildman–Crippen LogP) is 5.54. The number of carbonyl (C=O) groups is 1. The van der Waals surface area contributed by atoms with Crippen LogP contribution in [0.1, 0.15) is 36.0 Å². The summed E-state index contributed by atoms with van der Waals surface area (Å²) in [5, 5.41) is 9.35. The molecule has 2 N–H and O–H groups in total. The van der Waals surface area contributed by atoms with E-state index in [9.17, 15) is 14.4 Å². The van der Waals surface area contributed by atoms with Gasteiger partial charge in [-0.05, 0) is 92.6 Å². The van der Waals surface area contributed by atoms with E-state index in [1.165, 1.54) is 17.7 Å². The lowest BCUT2D eigenvalue weighted by Crippen LogP contribution is -2.47. The number of hydrogen-bond donors (Lipinski definition) is 1. The van der Waals surface area contributed by atoms with Gasteiger partial charge in [0.05, 0.1) is 11.6 Å². The molecule has 5 nitrogen and oxygen atoms in total. The number of primary amides is 1. The molecule has 186 valence electrons. The van der Waals surface area contributed by atoms with Crippen LogP contribution in [0.25, 0.3) is 0 Å². The van der Waals surface area contributed by atoms with Crippen molar-refractivity contribution in [3.8, 4) is 6.07 Å². The second kappa shape index (κ2) is 12.3. The van der Waals surface area contributed by atoms with Crippen LogP contribution < -0.4 is 10.6 Å². The Hall–Kier alpha value is -3.69. The van der Waals surface area contributed by atoms with Gasteiger partial charge >= 0.3 is 6.03 Å². The summed E-state index contributed by atoms with van der Waals surface area (Å²) in [5.41, 5.74) is 9.38. The molecule has 4 rings (SSSR count). The van der Waals surface area contributed by atoms with E-state index in [0.717, 1.165) is 50.9 Å². The highest BCUT2D eigenvalue weighted by Gasteiger charge is 2.26. The maximum Gasteiger partial charge on any atom is 0.319 e. The smallest absolute Gasteiger partial charge is 0.319 e. The normalized spacial score (nSPS) is 15.2. The molecule has 1 aliphatic rings. The minimum absolute atomic E-state index is 0.129. The Balaban J connectivity index is 1.42. The molecule has 0 radical (unpaired) electrons. The Labute approximate surface area is 212 Å². The number of halogens is 1. The number of rotatable bonds is 9. The molecule has 2 amide bonds. The molecule has 1 heterocycles. The van der Waals surface area contributed by atoms with Gasteiger partial charge in [0.1, 0.15) is 5.82 Å². The number of carbonyl (C=O) groups excluding carboxylic acids is 1. The van der Waals surface area contributed by atoms with Crippen LogP contribution in [0.15, 0.2) is 78.9 Å². The lowest BCUT2D eigenvalue weighted by Gasteiger charge is -2.35. The van der Waals surface area contributed by atoms with Gasteiger partial charge in [0.25, 0.3) is 0 Å². The zero-order valence-electron chi connectivity index (χ0n) is 20.5. The first-order valence-electron chi connectivity index (χ1n) is 12.6. The van der Waals surface area contributed by atoms with Crippen molar-refractivity contribution in [3.05, 3.63) is 101 Å². The van der Waals surface area contributed by atoms with Crippen LogP contribution in [0, 0.1) is 23.1 Å². The summed E-state index contributed by atoms with van der Waals surface area (Å²) in [5.74, 6) is 0.408. The topological polar surface area (TPSA) is 73.4 Å². The highest BCUT2D eigenvalue weighted by molar-refractivity contribution is 5.91. The largest absolute Gasteiger partial charge is 0.351 e. The van der Waals surface area contributed by atoms with Crippen molar-refractivity contribution >= 4 is 11.7 Å². The molecule has 0 saturated carbocycles. The van der Waals surface area contributed by atoms with Gasteiger partial charge in [0.15, 0.2) is 0 Å². The van der Waals surface area contributed by atoms with Crippen LogP contribution in [0.2, 0.25) is 0 Å². The molecule has 0 spiro atoms. The van der Waals surface area contributed by atoms with Gasteiger partial charge < -0.3 is 10.6 Å². The number of amides is 2. The molecule has 0 aromatic heterocycles. The zero-order chi connectivity index (χ0) is 25.3. The van der Waals surface area contributed by atoms with E-state index in [0.29, 0.717) is 23.6 Å². The summed E-state index contributed by atoms with van der Waals surface area (Å²) in [6.07, 6.45) is 4.64. The number of nitrogens with zero attached hydrogens (tertiary/aromatic N) is 3. The fourth-order valence-electron chi connectivity index (χ4n) is 5.15. The first-order valence-corrected chi connectivity index (χ1v) is 12.6. The summed E-state index contributed by atoms with van der Waals surface area (Å²) in [6.45, 7) is 2.87. The molecule has 1 saturated heterocycles. The minimum atomic E-state index is -0.510. The van der Waals surface area contributed by atoms with Crippen molar-refractivity contribution < 1.29 is 9.18 Å². The number of likely N-dealkylation sites (tertiary alicyclic amines) is 1.